The average molecular weight is 974 g/mol. The van der Waals surface area contributed by atoms with Gasteiger partial charge in [-0.1, -0.05) is 321 Å². The number of hydrogen-bond acceptors (Lipinski definition) is 6. The molecule has 0 bridgehead atoms. The zero-order valence-electron chi connectivity index (χ0n) is 46.4. The molecular formula is C63H120O6. The number of cyclic esters (lactones) is 2. The lowest BCUT2D eigenvalue weighted by molar-refractivity contribution is -0.154. The normalized spacial score (nSPS) is 15.4. The predicted octanol–water partition coefficient (Wildman–Crippen LogP) is 19.5. The Morgan fingerprint density at radius 2 is 0.623 bits per heavy atom. The van der Waals surface area contributed by atoms with E-state index in [1.54, 1.807) is 0 Å². The van der Waals surface area contributed by atoms with Gasteiger partial charge in [0.05, 0.1) is 31.0 Å². The molecule has 0 aromatic carbocycles. The van der Waals surface area contributed by atoms with Gasteiger partial charge in [0.15, 0.2) is 0 Å². The van der Waals surface area contributed by atoms with Crippen molar-refractivity contribution in [2.75, 3.05) is 26.4 Å². The maximum atomic E-state index is 12.5. The van der Waals surface area contributed by atoms with Gasteiger partial charge in [-0.2, -0.15) is 0 Å². The van der Waals surface area contributed by atoms with E-state index in [9.17, 15) is 19.8 Å². The molecule has 0 radical (unpaired) electrons. The first-order valence-corrected chi connectivity index (χ1v) is 31.3. The summed E-state index contributed by atoms with van der Waals surface area (Å²) in [5, 5.41) is 19.2. The summed E-state index contributed by atoms with van der Waals surface area (Å²) < 4.78 is 10.6. The minimum Gasteiger partial charge on any atom is -0.465 e. The second-order valence-corrected chi connectivity index (χ2v) is 22.4. The number of ether oxygens (including phenoxy) is 2. The third-order valence-electron chi connectivity index (χ3n) is 15.5. The van der Waals surface area contributed by atoms with Crippen LogP contribution in [0.25, 0.3) is 0 Å². The molecule has 1 aliphatic rings. The van der Waals surface area contributed by atoms with E-state index < -0.39 is 36.5 Å². The summed E-state index contributed by atoms with van der Waals surface area (Å²) in [5.74, 6) is -1.50. The van der Waals surface area contributed by atoms with Gasteiger partial charge in [-0.25, -0.2) is 0 Å². The lowest BCUT2D eigenvalue weighted by Gasteiger charge is -2.27. The van der Waals surface area contributed by atoms with Gasteiger partial charge in [0.2, 0.25) is 0 Å². The number of esters is 2. The summed E-state index contributed by atoms with van der Waals surface area (Å²) >= 11 is 0. The van der Waals surface area contributed by atoms with Crippen LogP contribution in [0.5, 0.6) is 0 Å². The van der Waals surface area contributed by atoms with E-state index in [1.807, 2.05) is 0 Å². The van der Waals surface area contributed by atoms with Crippen LogP contribution in [0, 0.1) is 11.3 Å². The van der Waals surface area contributed by atoms with E-state index in [2.05, 4.69) is 19.1 Å². The highest BCUT2D eigenvalue weighted by Crippen LogP contribution is 2.25. The van der Waals surface area contributed by atoms with Gasteiger partial charge in [-0.15, -0.1) is 0 Å². The quantitative estimate of drug-likeness (QED) is 0.0358. The molecule has 408 valence electrons. The van der Waals surface area contributed by atoms with Crippen LogP contribution in [0.1, 0.15) is 341 Å². The molecule has 2 N–H and O–H groups in total. The van der Waals surface area contributed by atoms with Gasteiger partial charge in [0, 0.05) is 0 Å². The fourth-order valence-electron chi connectivity index (χ4n) is 10.4. The van der Waals surface area contributed by atoms with Crippen LogP contribution in [0.15, 0.2) is 12.2 Å². The van der Waals surface area contributed by atoms with Crippen molar-refractivity contribution in [1.29, 1.82) is 0 Å². The van der Waals surface area contributed by atoms with Crippen molar-refractivity contribution < 1.29 is 29.3 Å². The largest absolute Gasteiger partial charge is 0.465 e. The van der Waals surface area contributed by atoms with Crippen molar-refractivity contribution in [3.63, 3.8) is 0 Å². The number of carbonyl (C=O) groups is 2. The molecule has 6 nitrogen and oxygen atoms in total. The molecule has 0 saturated carbocycles. The van der Waals surface area contributed by atoms with Crippen molar-refractivity contribution in [3.05, 3.63) is 12.2 Å². The smallest absolute Gasteiger partial charge is 0.309 e. The fraction of sp³-hybridized carbons (Fsp3) is 0.937. The number of unbranched alkanes of at least 4 members (excludes halogenated alkanes) is 48. The number of allylic oxidation sites excluding steroid dienone is 2. The molecule has 1 atom stereocenters. The van der Waals surface area contributed by atoms with E-state index in [-0.39, 0.29) is 19.6 Å². The standard InChI is InChI=1S/C63H120O6/c1-2-3-4-5-6-7-8-9-10-11-12-13-14-15-16-17-18-19-20-21-22-23-24-25-26-27-28-29-30-31-32-33-34-35-36-37-38-39-40-41-42-43-44-45-46-47-48-49-50-51-52-53-54-60-55-61(66)68-58-63(56-64,57-65)59-69-62(60)67/h51-52,60,64-65H,2-50,53-59H2,1H3/b52-51+. The highest BCUT2D eigenvalue weighted by molar-refractivity contribution is 5.80. The number of carbonyl (C=O) groups excluding carboxylic acids is 2. The summed E-state index contributed by atoms with van der Waals surface area (Å²) in [5.41, 5.74) is -1.14. The highest BCUT2D eigenvalue weighted by Gasteiger charge is 2.36. The van der Waals surface area contributed by atoms with Crippen LogP contribution in [-0.4, -0.2) is 48.6 Å². The van der Waals surface area contributed by atoms with E-state index in [0.29, 0.717) is 12.8 Å². The zero-order chi connectivity index (χ0) is 49.7. The van der Waals surface area contributed by atoms with Crippen molar-refractivity contribution >= 4 is 11.9 Å². The third kappa shape index (κ3) is 45.0. The van der Waals surface area contributed by atoms with Crippen molar-refractivity contribution in [2.24, 2.45) is 11.3 Å². The molecule has 1 unspecified atom stereocenters. The molecule has 0 aromatic rings. The number of hydrogen-bond donors (Lipinski definition) is 2. The van der Waals surface area contributed by atoms with Gasteiger partial charge in [-0.3, -0.25) is 9.59 Å². The molecule has 69 heavy (non-hydrogen) atoms. The Balaban J connectivity index is 1.68. The molecule has 0 spiro atoms. The monoisotopic (exact) mass is 973 g/mol. The van der Waals surface area contributed by atoms with Crippen molar-refractivity contribution in [3.8, 4) is 0 Å². The average Bonchev–Trinajstić information content (AvgIpc) is 3.41. The SMILES string of the molecule is CCCCCCCCCCCCCCCCCCCCCCCCCCCCCCCCCCCCCCCCCCCCCCCCCC/C=C/CCC1CC(=O)OCC(CO)(CO)COC1=O. The summed E-state index contributed by atoms with van der Waals surface area (Å²) in [7, 11) is 0. The van der Waals surface area contributed by atoms with Gasteiger partial charge >= 0.3 is 11.9 Å². The Morgan fingerprint density at radius 3 is 0.899 bits per heavy atom. The minimum atomic E-state index is -1.14. The molecule has 1 heterocycles. The van der Waals surface area contributed by atoms with E-state index >= 15 is 0 Å². The predicted molar refractivity (Wildman–Crippen MR) is 297 cm³/mol. The Hall–Kier alpha value is -1.40. The first-order valence-electron chi connectivity index (χ1n) is 31.3. The summed E-state index contributed by atoms with van der Waals surface area (Å²) in [4.78, 5) is 24.7. The Labute approximate surface area is 430 Å². The Bertz CT molecular complexity index is 1090. The number of aliphatic hydroxyl groups is 2. The number of rotatable bonds is 54. The van der Waals surface area contributed by atoms with Crippen LogP contribution < -0.4 is 0 Å². The second kappa shape index (κ2) is 52.9. The molecule has 6 heteroatoms. The topological polar surface area (TPSA) is 93.1 Å². The van der Waals surface area contributed by atoms with Gasteiger partial charge in [0.25, 0.3) is 0 Å². The third-order valence-corrected chi connectivity index (χ3v) is 15.5. The molecule has 0 aliphatic carbocycles. The van der Waals surface area contributed by atoms with E-state index in [4.69, 9.17) is 9.47 Å². The van der Waals surface area contributed by atoms with Crippen molar-refractivity contribution in [1.82, 2.24) is 0 Å². The van der Waals surface area contributed by atoms with E-state index in [0.717, 1.165) is 6.42 Å². The first kappa shape index (κ1) is 65.6. The number of aliphatic hydroxyl groups excluding tert-OH is 2. The first-order chi connectivity index (χ1) is 34.1. The molecule has 1 rings (SSSR count). The van der Waals surface area contributed by atoms with Crippen LogP contribution in [0.3, 0.4) is 0 Å². The molecule has 1 aliphatic heterocycles. The van der Waals surface area contributed by atoms with Crippen molar-refractivity contribution in [2.45, 2.75) is 341 Å². The van der Waals surface area contributed by atoms with Crippen LogP contribution in [0.2, 0.25) is 0 Å². The van der Waals surface area contributed by atoms with E-state index in [1.165, 1.54) is 308 Å². The zero-order valence-corrected chi connectivity index (χ0v) is 46.4. The lowest BCUT2D eigenvalue weighted by Crippen LogP contribution is -2.40. The molecular weight excluding hydrogens is 853 g/mol. The summed E-state index contributed by atoms with van der Waals surface area (Å²) in [6, 6.07) is 0. The lowest BCUT2D eigenvalue weighted by atomic mass is 9.92. The van der Waals surface area contributed by atoms with Gasteiger partial charge in [0.1, 0.15) is 13.2 Å². The maximum Gasteiger partial charge on any atom is 0.309 e. The highest BCUT2D eigenvalue weighted by atomic mass is 16.6. The van der Waals surface area contributed by atoms with Crippen LogP contribution in [-0.2, 0) is 19.1 Å². The minimum absolute atomic E-state index is 0.0283. The maximum absolute atomic E-state index is 12.5. The van der Waals surface area contributed by atoms with Gasteiger partial charge < -0.3 is 19.7 Å². The Kier molecular flexibility index (Phi) is 50.3. The molecule has 0 aromatic heterocycles. The summed E-state index contributed by atoms with van der Waals surface area (Å²) in [6.45, 7) is 1.16. The molecule has 1 saturated heterocycles. The summed E-state index contributed by atoms with van der Waals surface area (Å²) in [6.07, 6.45) is 75.9. The van der Waals surface area contributed by atoms with Gasteiger partial charge in [-0.05, 0) is 25.7 Å². The molecule has 0 amide bonds. The van der Waals surface area contributed by atoms with Crippen LogP contribution >= 0.6 is 0 Å². The Morgan fingerprint density at radius 1 is 0.377 bits per heavy atom. The fourth-order valence-corrected chi connectivity index (χ4v) is 10.4. The molecule has 1 fully saturated rings. The van der Waals surface area contributed by atoms with Crippen LogP contribution in [0.4, 0.5) is 0 Å². The second-order valence-electron chi connectivity index (χ2n) is 22.4.